The van der Waals surface area contributed by atoms with Gasteiger partial charge in [0.25, 0.3) is 5.91 Å². The Balaban J connectivity index is 2.05. The van der Waals surface area contributed by atoms with Crippen molar-refractivity contribution in [3.8, 4) is 5.75 Å². The number of halogens is 7. The van der Waals surface area contributed by atoms with Crippen LogP contribution < -0.4 is 5.32 Å². The van der Waals surface area contributed by atoms with Gasteiger partial charge in [0.2, 0.25) is 5.82 Å². The molecule has 4 atom stereocenters. The molecular formula is C20H19F7N2O3. The zero-order valence-electron chi connectivity index (χ0n) is 17.0. The quantitative estimate of drug-likeness (QED) is 0.603. The number of nitrogens with zero attached hydrogens (tertiary/aromatic N) is 1. The van der Waals surface area contributed by atoms with Crippen LogP contribution in [0.1, 0.15) is 37.4 Å². The minimum Gasteiger partial charge on any atom is -0.505 e. The lowest BCUT2D eigenvalue weighted by Crippen LogP contribution is -2.47. The van der Waals surface area contributed by atoms with E-state index in [1.54, 1.807) is 0 Å². The van der Waals surface area contributed by atoms with Gasteiger partial charge in [-0.15, -0.1) is 0 Å². The van der Waals surface area contributed by atoms with Crippen LogP contribution in [0.4, 0.5) is 36.4 Å². The Morgan fingerprint density at radius 2 is 1.88 bits per heavy atom. The summed E-state index contributed by atoms with van der Waals surface area (Å²) in [6.45, 7) is 0.283. The normalized spacial score (nSPS) is 26.0. The predicted molar refractivity (Wildman–Crippen MR) is 98.3 cm³/mol. The minimum absolute atomic E-state index is 0.0968. The first-order valence-electron chi connectivity index (χ1n) is 9.37. The highest BCUT2D eigenvalue weighted by Gasteiger charge is 2.65. The Morgan fingerprint density at radius 1 is 1.25 bits per heavy atom. The van der Waals surface area contributed by atoms with Crippen molar-refractivity contribution in [3.63, 3.8) is 0 Å². The summed E-state index contributed by atoms with van der Waals surface area (Å²) in [7, 11) is 0. The first-order valence-corrected chi connectivity index (χ1v) is 9.37. The fourth-order valence-corrected chi connectivity index (χ4v) is 3.88. The SMILES string of the molecule is Cc1cn(C(F)F)cc1NC(=O)[C@@H]1O[C@@](C)(C(F)(F)F)[C@@H](C)[C@H]1c1ccc(F)c(F)c1O. The molecule has 0 radical (unpaired) electrons. The lowest BCUT2D eigenvalue weighted by Gasteiger charge is -2.31. The second-order valence-electron chi connectivity index (χ2n) is 7.83. The molecule has 0 bridgehead atoms. The van der Waals surface area contributed by atoms with Gasteiger partial charge in [-0.25, -0.2) is 4.39 Å². The Labute approximate surface area is 177 Å². The summed E-state index contributed by atoms with van der Waals surface area (Å²) in [5, 5.41) is 12.3. The van der Waals surface area contributed by atoms with Crippen molar-refractivity contribution in [1.82, 2.24) is 4.57 Å². The van der Waals surface area contributed by atoms with E-state index in [4.69, 9.17) is 4.74 Å². The van der Waals surface area contributed by atoms with Crippen molar-refractivity contribution >= 4 is 11.6 Å². The number of ether oxygens (including phenoxy) is 1. The number of hydrogen-bond donors (Lipinski definition) is 2. The number of anilines is 1. The molecule has 1 fully saturated rings. The standard InChI is InChI=1S/C20H19F7N2O3/c1-8-6-29(18(23)24)7-12(8)28-17(31)16-13(9(2)19(3,32-16)20(25,26)27)10-4-5-11(21)14(22)15(10)30/h4-7,9,13,16,18,30H,1-3H3,(H,28,31)/t9-,13-,16+,19+/m0/s1. The van der Waals surface area contributed by atoms with Gasteiger partial charge in [-0.2, -0.15) is 26.3 Å². The van der Waals surface area contributed by atoms with Crippen molar-refractivity contribution in [2.75, 3.05) is 5.32 Å². The lowest BCUT2D eigenvalue weighted by molar-refractivity contribution is -0.272. The molecule has 176 valence electrons. The van der Waals surface area contributed by atoms with Gasteiger partial charge in [0, 0.05) is 29.8 Å². The van der Waals surface area contributed by atoms with Crippen LogP contribution in [-0.2, 0) is 9.53 Å². The third-order valence-electron chi connectivity index (χ3n) is 5.92. The summed E-state index contributed by atoms with van der Waals surface area (Å²) in [5.41, 5.74) is -3.22. The molecule has 0 aliphatic carbocycles. The zero-order chi connectivity index (χ0) is 24.2. The number of carbonyl (C=O) groups is 1. The Hall–Kier alpha value is -2.76. The van der Waals surface area contributed by atoms with E-state index in [0.717, 1.165) is 25.4 Å². The molecule has 12 heteroatoms. The van der Waals surface area contributed by atoms with Gasteiger partial charge >= 0.3 is 12.7 Å². The van der Waals surface area contributed by atoms with E-state index in [1.807, 2.05) is 0 Å². The van der Waals surface area contributed by atoms with Crippen LogP contribution in [-0.4, -0.2) is 33.5 Å². The van der Waals surface area contributed by atoms with Crippen LogP contribution in [0, 0.1) is 24.5 Å². The monoisotopic (exact) mass is 468 g/mol. The molecule has 0 unspecified atom stereocenters. The van der Waals surface area contributed by atoms with Gasteiger partial charge in [0.1, 0.15) is 6.10 Å². The first kappa shape index (κ1) is 23.9. The number of phenols is 1. The molecule has 3 rings (SSSR count). The van der Waals surface area contributed by atoms with Crippen LogP contribution in [0.2, 0.25) is 0 Å². The molecule has 1 aliphatic heterocycles. The average Bonchev–Trinajstić information content (AvgIpc) is 3.19. The molecule has 1 aliphatic rings. The maximum atomic E-state index is 13.9. The summed E-state index contributed by atoms with van der Waals surface area (Å²) < 4.78 is 100. The third kappa shape index (κ3) is 3.80. The highest BCUT2D eigenvalue weighted by molar-refractivity contribution is 5.96. The molecule has 1 saturated heterocycles. The number of aromatic hydroxyl groups is 1. The van der Waals surface area contributed by atoms with Crippen molar-refractivity contribution in [3.05, 3.63) is 47.3 Å². The molecule has 5 nitrogen and oxygen atoms in total. The molecule has 1 amide bonds. The van der Waals surface area contributed by atoms with Gasteiger partial charge in [0.15, 0.2) is 17.2 Å². The van der Waals surface area contributed by atoms with Crippen LogP contribution in [0.5, 0.6) is 5.75 Å². The Kier molecular flexibility index (Phi) is 5.96. The molecule has 32 heavy (non-hydrogen) atoms. The largest absolute Gasteiger partial charge is 0.505 e. The summed E-state index contributed by atoms with van der Waals surface area (Å²) in [6.07, 6.45) is -4.94. The number of carbonyl (C=O) groups excluding carboxylic acids is 1. The van der Waals surface area contributed by atoms with Gasteiger partial charge < -0.3 is 15.2 Å². The van der Waals surface area contributed by atoms with E-state index >= 15 is 0 Å². The molecule has 2 N–H and O–H groups in total. The third-order valence-corrected chi connectivity index (χ3v) is 5.92. The number of nitrogens with one attached hydrogen (secondary N) is 1. The van der Waals surface area contributed by atoms with Crippen LogP contribution in [0.25, 0.3) is 0 Å². The number of amides is 1. The van der Waals surface area contributed by atoms with Crippen molar-refractivity contribution in [2.45, 2.75) is 51.1 Å². The van der Waals surface area contributed by atoms with Crippen LogP contribution in [0.15, 0.2) is 24.5 Å². The summed E-state index contributed by atoms with van der Waals surface area (Å²) in [5.74, 6) is -8.53. The number of aryl methyl sites for hydroxylation is 1. The zero-order valence-corrected chi connectivity index (χ0v) is 17.0. The molecule has 2 aromatic rings. The number of rotatable bonds is 4. The maximum absolute atomic E-state index is 13.9. The minimum atomic E-state index is -4.96. The fourth-order valence-electron chi connectivity index (χ4n) is 3.88. The number of benzene rings is 1. The summed E-state index contributed by atoms with van der Waals surface area (Å²) >= 11 is 0. The van der Waals surface area contributed by atoms with Crippen molar-refractivity contribution in [1.29, 1.82) is 0 Å². The smallest absolute Gasteiger partial charge is 0.417 e. The lowest BCUT2D eigenvalue weighted by atomic mass is 9.77. The van der Waals surface area contributed by atoms with E-state index in [0.29, 0.717) is 17.6 Å². The second kappa shape index (κ2) is 7.98. The van der Waals surface area contributed by atoms with E-state index in [9.17, 15) is 40.6 Å². The summed E-state index contributed by atoms with van der Waals surface area (Å²) in [6, 6.07) is 1.49. The fraction of sp³-hybridized carbons (Fsp3) is 0.450. The predicted octanol–water partition coefficient (Wildman–Crippen LogP) is 5.25. The van der Waals surface area contributed by atoms with E-state index < -0.39 is 65.1 Å². The molecule has 2 heterocycles. The summed E-state index contributed by atoms with van der Waals surface area (Å²) in [4.78, 5) is 12.9. The topological polar surface area (TPSA) is 63.5 Å². The van der Waals surface area contributed by atoms with Crippen molar-refractivity contribution < 1.29 is 45.4 Å². The van der Waals surface area contributed by atoms with E-state index in [1.165, 1.54) is 6.92 Å². The first-order chi connectivity index (χ1) is 14.7. The molecule has 0 spiro atoms. The molecule has 0 saturated carbocycles. The van der Waals surface area contributed by atoms with Gasteiger partial charge in [-0.1, -0.05) is 13.0 Å². The van der Waals surface area contributed by atoms with E-state index in [-0.39, 0.29) is 11.3 Å². The average molecular weight is 468 g/mol. The highest BCUT2D eigenvalue weighted by Crippen LogP contribution is 2.54. The van der Waals surface area contributed by atoms with E-state index in [2.05, 4.69) is 5.32 Å². The molecule has 1 aromatic carbocycles. The number of alkyl halides is 5. The number of aromatic nitrogens is 1. The van der Waals surface area contributed by atoms with Gasteiger partial charge in [-0.3, -0.25) is 9.36 Å². The second-order valence-corrected chi connectivity index (χ2v) is 7.83. The van der Waals surface area contributed by atoms with Gasteiger partial charge in [-0.05, 0) is 25.5 Å². The van der Waals surface area contributed by atoms with Crippen LogP contribution in [0.3, 0.4) is 0 Å². The number of hydrogen-bond acceptors (Lipinski definition) is 3. The number of phenolic OH excluding ortho intramolecular Hbond substituents is 1. The van der Waals surface area contributed by atoms with Crippen molar-refractivity contribution in [2.24, 2.45) is 5.92 Å². The Bertz CT molecular complexity index is 1040. The maximum Gasteiger partial charge on any atom is 0.417 e. The highest BCUT2D eigenvalue weighted by atomic mass is 19.4. The van der Waals surface area contributed by atoms with Crippen LogP contribution >= 0.6 is 0 Å². The molecule has 1 aromatic heterocycles. The molecular weight excluding hydrogens is 449 g/mol. The Morgan fingerprint density at radius 3 is 2.41 bits per heavy atom. The van der Waals surface area contributed by atoms with Gasteiger partial charge in [0.05, 0.1) is 5.69 Å².